The number of nitrogens with one attached hydrogen (secondary N) is 1. The number of amides is 1. The van der Waals surface area contributed by atoms with Crippen molar-refractivity contribution in [2.24, 2.45) is 0 Å². The molecule has 1 saturated heterocycles. The number of likely N-dealkylation sites (N-methyl/N-ethyl adjacent to an activating group) is 1. The first-order valence-corrected chi connectivity index (χ1v) is 8.40. The van der Waals surface area contributed by atoms with Gasteiger partial charge in [0.15, 0.2) is 0 Å². The molecular weight excluding hydrogens is 338 g/mol. The van der Waals surface area contributed by atoms with Gasteiger partial charge in [-0.15, -0.1) is 12.4 Å². The zero-order valence-corrected chi connectivity index (χ0v) is 15.6. The Bertz CT molecular complexity index is 715. The molecular formula is C19H26ClN3O2. The van der Waals surface area contributed by atoms with Crippen molar-refractivity contribution in [3.63, 3.8) is 0 Å². The van der Waals surface area contributed by atoms with Crippen LogP contribution in [0, 0.1) is 0 Å². The van der Waals surface area contributed by atoms with Crippen LogP contribution in [0.15, 0.2) is 36.4 Å². The van der Waals surface area contributed by atoms with Crippen molar-refractivity contribution in [2.45, 2.75) is 6.54 Å². The number of benzene rings is 2. The van der Waals surface area contributed by atoms with Crippen molar-refractivity contribution >= 4 is 29.1 Å². The number of halogens is 1. The minimum atomic E-state index is 0. The highest BCUT2D eigenvalue weighted by atomic mass is 35.5. The van der Waals surface area contributed by atoms with E-state index in [-0.39, 0.29) is 18.3 Å². The molecule has 0 spiro atoms. The largest absolute Gasteiger partial charge is 0.496 e. The summed E-state index contributed by atoms with van der Waals surface area (Å²) in [7, 11) is 3.77. The molecule has 0 saturated carbocycles. The van der Waals surface area contributed by atoms with Crippen LogP contribution in [0.4, 0.5) is 0 Å². The Morgan fingerprint density at radius 1 is 1.12 bits per heavy atom. The molecule has 2 aromatic rings. The number of hydrogen-bond donors (Lipinski definition) is 1. The van der Waals surface area contributed by atoms with Crippen LogP contribution >= 0.6 is 12.4 Å². The Labute approximate surface area is 155 Å². The second-order valence-corrected chi connectivity index (χ2v) is 6.26. The van der Waals surface area contributed by atoms with E-state index in [0.29, 0.717) is 13.1 Å². The van der Waals surface area contributed by atoms with Crippen molar-refractivity contribution in [2.75, 3.05) is 46.9 Å². The normalized spacial score (nSPS) is 15.0. The molecule has 0 radical (unpaired) electrons. The van der Waals surface area contributed by atoms with Gasteiger partial charge in [-0.1, -0.05) is 30.3 Å². The van der Waals surface area contributed by atoms with Crippen LogP contribution in [0.25, 0.3) is 10.8 Å². The van der Waals surface area contributed by atoms with Crippen LogP contribution in [0.5, 0.6) is 5.75 Å². The topological polar surface area (TPSA) is 44.8 Å². The summed E-state index contributed by atoms with van der Waals surface area (Å²) in [4.78, 5) is 16.5. The fraction of sp³-hybridized carbons (Fsp3) is 0.421. The highest BCUT2D eigenvalue weighted by Gasteiger charge is 2.18. The quantitative estimate of drug-likeness (QED) is 0.884. The van der Waals surface area contributed by atoms with Gasteiger partial charge in [0.05, 0.1) is 13.7 Å². The molecule has 2 aromatic carbocycles. The fourth-order valence-electron chi connectivity index (χ4n) is 3.15. The van der Waals surface area contributed by atoms with Crippen molar-refractivity contribution in [3.05, 3.63) is 42.0 Å². The Morgan fingerprint density at radius 3 is 2.56 bits per heavy atom. The van der Waals surface area contributed by atoms with Crippen LogP contribution in [0.3, 0.4) is 0 Å². The average Bonchev–Trinajstić information content (AvgIpc) is 2.62. The van der Waals surface area contributed by atoms with Gasteiger partial charge in [-0.05, 0) is 23.9 Å². The van der Waals surface area contributed by atoms with Gasteiger partial charge >= 0.3 is 0 Å². The van der Waals surface area contributed by atoms with E-state index in [9.17, 15) is 4.79 Å². The second-order valence-electron chi connectivity index (χ2n) is 6.26. The van der Waals surface area contributed by atoms with E-state index in [0.717, 1.165) is 42.9 Å². The van der Waals surface area contributed by atoms with E-state index < -0.39 is 0 Å². The summed E-state index contributed by atoms with van der Waals surface area (Å²) in [6.45, 7) is 4.50. The minimum Gasteiger partial charge on any atom is -0.496 e. The summed E-state index contributed by atoms with van der Waals surface area (Å²) in [5, 5.41) is 5.64. The number of methoxy groups -OCH3 is 1. The van der Waals surface area contributed by atoms with Crippen LogP contribution < -0.4 is 10.1 Å². The standard InChI is InChI=1S/C19H25N3O2.ClH/c1-21-9-11-22(12-10-21)19(23)14-20-13-17-16-6-4-3-5-15(16)7-8-18(17)24-2;/h3-8,20H,9-14H2,1-2H3;1H. The third-order valence-electron chi connectivity index (χ3n) is 4.65. The van der Waals surface area contributed by atoms with E-state index in [1.54, 1.807) is 7.11 Å². The summed E-state index contributed by atoms with van der Waals surface area (Å²) in [5.74, 6) is 1.02. The first-order chi connectivity index (χ1) is 11.7. The number of rotatable bonds is 5. The fourth-order valence-corrected chi connectivity index (χ4v) is 3.15. The summed E-state index contributed by atoms with van der Waals surface area (Å²) in [6.07, 6.45) is 0. The van der Waals surface area contributed by atoms with Crippen molar-refractivity contribution in [1.82, 2.24) is 15.1 Å². The Balaban J connectivity index is 0.00000225. The lowest BCUT2D eigenvalue weighted by Crippen LogP contribution is -2.49. The van der Waals surface area contributed by atoms with Gasteiger partial charge in [-0.2, -0.15) is 0 Å². The lowest BCUT2D eigenvalue weighted by atomic mass is 10.0. The summed E-state index contributed by atoms with van der Waals surface area (Å²) >= 11 is 0. The summed E-state index contributed by atoms with van der Waals surface area (Å²) in [6, 6.07) is 12.3. The number of fused-ring (bicyclic) bond motifs is 1. The first kappa shape index (κ1) is 19.5. The number of carbonyl (C=O) groups is 1. The molecule has 0 aromatic heterocycles. The Kier molecular flexibility index (Phi) is 7.05. The van der Waals surface area contributed by atoms with Crippen molar-refractivity contribution < 1.29 is 9.53 Å². The molecule has 0 bridgehead atoms. The zero-order valence-electron chi connectivity index (χ0n) is 14.8. The number of piperazine rings is 1. The van der Waals surface area contributed by atoms with Crippen LogP contribution in [-0.4, -0.2) is 62.6 Å². The molecule has 1 aliphatic rings. The molecule has 0 atom stereocenters. The first-order valence-electron chi connectivity index (χ1n) is 8.40. The molecule has 1 amide bonds. The maximum Gasteiger partial charge on any atom is 0.236 e. The van der Waals surface area contributed by atoms with Crippen LogP contribution in [0.2, 0.25) is 0 Å². The van der Waals surface area contributed by atoms with Gasteiger partial charge in [-0.3, -0.25) is 4.79 Å². The van der Waals surface area contributed by atoms with Gasteiger partial charge in [0.25, 0.3) is 0 Å². The number of carbonyl (C=O) groups excluding carboxylic acids is 1. The summed E-state index contributed by atoms with van der Waals surface area (Å²) < 4.78 is 5.50. The monoisotopic (exact) mass is 363 g/mol. The maximum absolute atomic E-state index is 12.3. The molecule has 1 heterocycles. The molecule has 6 heteroatoms. The average molecular weight is 364 g/mol. The van der Waals surface area contributed by atoms with Gasteiger partial charge < -0.3 is 19.9 Å². The predicted molar refractivity (Wildman–Crippen MR) is 104 cm³/mol. The van der Waals surface area contributed by atoms with E-state index in [2.05, 4.69) is 35.5 Å². The number of ether oxygens (including phenoxy) is 1. The lowest BCUT2D eigenvalue weighted by Gasteiger charge is -2.32. The molecule has 1 fully saturated rings. The SMILES string of the molecule is COc1ccc2ccccc2c1CNCC(=O)N1CCN(C)CC1.Cl. The van der Waals surface area contributed by atoms with Gasteiger partial charge in [-0.25, -0.2) is 0 Å². The highest BCUT2D eigenvalue weighted by molar-refractivity contribution is 5.88. The smallest absolute Gasteiger partial charge is 0.236 e. The van der Waals surface area contributed by atoms with Crippen LogP contribution in [-0.2, 0) is 11.3 Å². The third-order valence-corrected chi connectivity index (χ3v) is 4.65. The molecule has 1 aliphatic heterocycles. The van der Waals surface area contributed by atoms with Gasteiger partial charge in [0.2, 0.25) is 5.91 Å². The van der Waals surface area contributed by atoms with E-state index >= 15 is 0 Å². The predicted octanol–water partition coefficient (Wildman–Crippen LogP) is 2.13. The zero-order chi connectivity index (χ0) is 16.9. The molecule has 136 valence electrons. The molecule has 25 heavy (non-hydrogen) atoms. The molecule has 0 unspecified atom stereocenters. The van der Waals surface area contributed by atoms with Crippen LogP contribution in [0.1, 0.15) is 5.56 Å². The number of nitrogens with zero attached hydrogens (tertiary/aromatic N) is 2. The Morgan fingerprint density at radius 2 is 1.84 bits per heavy atom. The van der Waals surface area contributed by atoms with E-state index in [4.69, 9.17) is 4.74 Å². The number of hydrogen-bond acceptors (Lipinski definition) is 4. The Hall–Kier alpha value is -1.82. The molecule has 5 nitrogen and oxygen atoms in total. The lowest BCUT2D eigenvalue weighted by molar-refractivity contribution is -0.131. The maximum atomic E-state index is 12.3. The molecule has 3 rings (SSSR count). The van der Waals surface area contributed by atoms with Gasteiger partial charge in [0.1, 0.15) is 5.75 Å². The molecule has 0 aliphatic carbocycles. The second kappa shape index (κ2) is 9.04. The van der Waals surface area contributed by atoms with Crippen molar-refractivity contribution in [3.8, 4) is 5.75 Å². The molecule has 1 N–H and O–H groups in total. The third kappa shape index (κ3) is 4.63. The van der Waals surface area contributed by atoms with E-state index in [1.807, 2.05) is 23.1 Å². The summed E-state index contributed by atoms with van der Waals surface area (Å²) in [5.41, 5.74) is 1.10. The highest BCUT2D eigenvalue weighted by Crippen LogP contribution is 2.27. The minimum absolute atomic E-state index is 0. The van der Waals surface area contributed by atoms with Gasteiger partial charge in [0, 0.05) is 38.3 Å². The van der Waals surface area contributed by atoms with E-state index in [1.165, 1.54) is 5.39 Å². The van der Waals surface area contributed by atoms with Crippen molar-refractivity contribution in [1.29, 1.82) is 0 Å².